The van der Waals surface area contributed by atoms with Crippen LogP contribution in [0.2, 0.25) is 0 Å². The Balaban J connectivity index is 1.25. The first-order chi connectivity index (χ1) is 17.7. The van der Waals surface area contributed by atoms with Crippen molar-refractivity contribution in [3.63, 3.8) is 0 Å². The molecule has 192 valence electrons. The topological polar surface area (TPSA) is 126 Å². The lowest BCUT2D eigenvalue weighted by Crippen LogP contribution is -2.21. The van der Waals surface area contributed by atoms with E-state index in [1.54, 1.807) is 6.07 Å². The molecule has 0 aliphatic heterocycles. The Morgan fingerprint density at radius 3 is 2.62 bits per heavy atom. The van der Waals surface area contributed by atoms with Crippen molar-refractivity contribution in [1.82, 2.24) is 29.4 Å². The second-order valence-corrected chi connectivity index (χ2v) is 10.9. The standard InChI is InChI=1S/C25H29N9O2S/c1-25(2,3)19-12-20(32-36-19)30-23(35)28-16-8-6-15(7-9-16)17-14-34-18-13-27-22(26-10-11-33(4)5)31-21(18)37-24(34)29-17/h6-9,12-14H,10-11H2,1-5H3,(H,26,27,31)(H2,28,30,32,35). The van der Waals surface area contributed by atoms with Crippen LogP contribution < -0.4 is 16.0 Å². The minimum atomic E-state index is -0.397. The normalized spacial score (nSPS) is 11.9. The van der Waals surface area contributed by atoms with Crippen LogP contribution in [0, 0.1) is 0 Å². The van der Waals surface area contributed by atoms with Crippen molar-refractivity contribution in [2.75, 3.05) is 43.1 Å². The van der Waals surface area contributed by atoms with Gasteiger partial charge in [0.05, 0.1) is 11.9 Å². The van der Waals surface area contributed by atoms with Crippen LogP contribution in [-0.2, 0) is 5.41 Å². The highest BCUT2D eigenvalue weighted by Crippen LogP contribution is 2.29. The molecule has 5 rings (SSSR count). The number of fused-ring (bicyclic) bond motifs is 3. The molecule has 0 saturated heterocycles. The highest BCUT2D eigenvalue weighted by atomic mass is 32.1. The van der Waals surface area contributed by atoms with Crippen molar-refractivity contribution in [3.05, 3.63) is 48.5 Å². The molecule has 4 heterocycles. The molecule has 12 heteroatoms. The molecule has 1 aromatic carbocycles. The Hall–Kier alpha value is -4.03. The summed E-state index contributed by atoms with van der Waals surface area (Å²) in [5.74, 6) is 1.68. The van der Waals surface area contributed by atoms with Crippen LogP contribution in [0.3, 0.4) is 0 Å². The van der Waals surface area contributed by atoms with Gasteiger partial charge in [-0.05, 0) is 26.2 Å². The molecular formula is C25H29N9O2S. The van der Waals surface area contributed by atoms with Crippen molar-refractivity contribution < 1.29 is 9.32 Å². The van der Waals surface area contributed by atoms with Gasteiger partial charge in [-0.2, -0.15) is 0 Å². The maximum atomic E-state index is 12.4. The van der Waals surface area contributed by atoms with Gasteiger partial charge in [0.15, 0.2) is 10.8 Å². The summed E-state index contributed by atoms with van der Waals surface area (Å²) in [6.45, 7) is 7.72. The molecule has 11 nitrogen and oxygen atoms in total. The van der Waals surface area contributed by atoms with Gasteiger partial charge >= 0.3 is 6.03 Å². The molecule has 0 bridgehead atoms. The molecule has 0 unspecified atom stereocenters. The van der Waals surface area contributed by atoms with Crippen molar-refractivity contribution >= 4 is 50.1 Å². The number of nitrogens with one attached hydrogen (secondary N) is 3. The van der Waals surface area contributed by atoms with Crippen LogP contribution in [-0.4, -0.2) is 62.6 Å². The van der Waals surface area contributed by atoms with E-state index in [0.717, 1.165) is 39.7 Å². The third-order valence-corrected chi connectivity index (χ3v) is 6.59. The van der Waals surface area contributed by atoms with Gasteiger partial charge in [-0.1, -0.05) is 49.4 Å². The number of urea groups is 1. The first-order valence-corrected chi connectivity index (χ1v) is 12.7. The molecule has 0 aliphatic carbocycles. The molecule has 0 spiro atoms. The predicted molar refractivity (Wildman–Crippen MR) is 146 cm³/mol. The minimum Gasteiger partial charge on any atom is -0.359 e. The van der Waals surface area contributed by atoms with Gasteiger partial charge in [0.2, 0.25) is 5.95 Å². The lowest BCUT2D eigenvalue weighted by Gasteiger charge is -2.12. The van der Waals surface area contributed by atoms with Crippen LogP contribution in [0.25, 0.3) is 26.6 Å². The summed E-state index contributed by atoms with van der Waals surface area (Å²) in [5.41, 5.74) is 3.13. The van der Waals surface area contributed by atoms with E-state index >= 15 is 0 Å². The number of anilines is 3. The molecule has 2 amide bonds. The number of hydrogen-bond donors (Lipinski definition) is 3. The van der Waals surface area contributed by atoms with Gasteiger partial charge in [-0.25, -0.2) is 19.7 Å². The summed E-state index contributed by atoms with van der Waals surface area (Å²) in [5, 5.41) is 12.7. The molecule has 0 aliphatic rings. The third kappa shape index (κ3) is 5.54. The van der Waals surface area contributed by atoms with E-state index < -0.39 is 6.03 Å². The Morgan fingerprint density at radius 1 is 1.14 bits per heavy atom. The number of carbonyl (C=O) groups excluding carboxylic acids is 1. The number of likely N-dealkylation sites (N-methyl/N-ethyl adjacent to an activating group) is 1. The van der Waals surface area contributed by atoms with Gasteiger partial charge < -0.3 is 20.1 Å². The molecule has 5 aromatic rings. The molecule has 0 fully saturated rings. The fourth-order valence-corrected chi connectivity index (χ4v) is 4.55. The van der Waals surface area contributed by atoms with Crippen LogP contribution >= 0.6 is 11.3 Å². The zero-order chi connectivity index (χ0) is 26.2. The third-order valence-electron chi connectivity index (χ3n) is 5.63. The van der Waals surface area contributed by atoms with Gasteiger partial charge in [-0.15, -0.1) is 0 Å². The van der Waals surface area contributed by atoms with Crippen molar-refractivity contribution in [2.45, 2.75) is 26.2 Å². The summed E-state index contributed by atoms with van der Waals surface area (Å²) >= 11 is 1.52. The Morgan fingerprint density at radius 2 is 1.92 bits per heavy atom. The number of carbonyl (C=O) groups is 1. The van der Waals surface area contributed by atoms with E-state index in [1.807, 2.05) is 75.9 Å². The van der Waals surface area contributed by atoms with Crippen LogP contribution in [0.4, 0.5) is 22.2 Å². The van der Waals surface area contributed by atoms with Gasteiger partial charge in [0.25, 0.3) is 0 Å². The summed E-state index contributed by atoms with van der Waals surface area (Å²) < 4.78 is 7.31. The minimum absolute atomic E-state index is 0.188. The van der Waals surface area contributed by atoms with E-state index in [9.17, 15) is 4.79 Å². The lowest BCUT2D eigenvalue weighted by molar-refractivity contribution is 0.262. The monoisotopic (exact) mass is 519 g/mol. The first-order valence-electron chi connectivity index (χ1n) is 11.8. The fraction of sp³-hybridized carbons (Fsp3) is 0.320. The SMILES string of the molecule is CN(C)CCNc1ncc2c(n1)sc1nc(-c3ccc(NC(=O)Nc4cc(C(C)(C)C)on4)cc3)cn12. The molecular weight excluding hydrogens is 490 g/mol. The average Bonchev–Trinajstić information content (AvgIpc) is 3.54. The Labute approximate surface area is 217 Å². The highest BCUT2D eigenvalue weighted by Gasteiger charge is 2.20. The number of imidazole rings is 1. The van der Waals surface area contributed by atoms with Gasteiger partial charge in [-0.3, -0.25) is 9.72 Å². The van der Waals surface area contributed by atoms with Crippen LogP contribution in [0.15, 0.2) is 47.2 Å². The number of rotatable bonds is 7. The van der Waals surface area contributed by atoms with Crippen molar-refractivity contribution in [2.24, 2.45) is 0 Å². The second-order valence-electron chi connectivity index (χ2n) is 9.98. The zero-order valence-corrected chi connectivity index (χ0v) is 22.2. The molecule has 4 aromatic heterocycles. The summed E-state index contributed by atoms with van der Waals surface area (Å²) in [6, 6.07) is 8.83. The van der Waals surface area contributed by atoms with Crippen molar-refractivity contribution in [1.29, 1.82) is 0 Å². The second kappa shape index (κ2) is 9.79. The summed E-state index contributed by atoms with van der Waals surface area (Å²) in [4.78, 5) is 30.0. The van der Waals surface area contributed by atoms with Gasteiger partial charge in [0, 0.05) is 42.0 Å². The Kier molecular flexibility index (Phi) is 6.52. The largest absolute Gasteiger partial charge is 0.359 e. The van der Waals surface area contributed by atoms with E-state index in [2.05, 4.69) is 36.0 Å². The number of aromatic nitrogens is 5. The highest BCUT2D eigenvalue weighted by molar-refractivity contribution is 7.23. The fourth-order valence-electron chi connectivity index (χ4n) is 3.60. The molecule has 37 heavy (non-hydrogen) atoms. The van der Waals surface area contributed by atoms with E-state index in [4.69, 9.17) is 9.51 Å². The molecule has 0 radical (unpaired) electrons. The lowest BCUT2D eigenvalue weighted by atomic mass is 9.93. The maximum Gasteiger partial charge on any atom is 0.324 e. The van der Waals surface area contributed by atoms with Crippen molar-refractivity contribution in [3.8, 4) is 11.3 Å². The predicted octanol–water partition coefficient (Wildman–Crippen LogP) is 4.91. The number of nitrogens with zero attached hydrogens (tertiary/aromatic N) is 6. The summed E-state index contributed by atoms with van der Waals surface area (Å²) in [6.07, 6.45) is 3.80. The average molecular weight is 520 g/mol. The van der Waals surface area contributed by atoms with E-state index in [-0.39, 0.29) is 5.41 Å². The van der Waals surface area contributed by atoms with Gasteiger partial charge in [0.1, 0.15) is 16.1 Å². The van der Waals surface area contributed by atoms with E-state index in [1.165, 1.54) is 11.3 Å². The van der Waals surface area contributed by atoms with Crippen LogP contribution in [0.5, 0.6) is 0 Å². The smallest absolute Gasteiger partial charge is 0.324 e. The Bertz CT molecular complexity index is 1540. The maximum absolute atomic E-state index is 12.4. The number of hydrogen-bond acceptors (Lipinski definition) is 9. The molecule has 0 atom stereocenters. The molecule has 3 N–H and O–H groups in total. The molecule has 0 saturated carbocycles. The van der Waals surface area contributed by atoms with E-state index in [0.29, 0.717) is 23.2 Å². The van der Waals surface area contributed by atoms with Crippen LogP contribution in [0.1, 0.15) is 26.5 Å². The number of thiazole rings is 1. The number of benzene rings is 1. The quantitative estimate of drug-likeness (QED) is 0.277. The number of amides is 2. The first kappa shape index (κ1) is 24.7. The summed E-state index contributed by atoms with van der Waals surface area (Å²) in [7, 11) is 4.06. The zero-order valence-electron chi connectivity index (χ0n) is 21.4.